The van der Waals surface area contributed by atoms with Crippen LogP contribution in [0, 0.1) is 11.3 Å². The molecule has 0 aromatic carbocycles. The molecule has 54 valence electrons. The van der Waals surface area contributed by atoms with Crippen molar-refractivity contribution in [2.75, 3.05) is 0 Å². The molecule has 0 aromatic rings. The lowest BCUT2D eigenvalue weighted by Crippen LogP contribution is -2.08. The van der Waals surface area contributed by atoms with Gasteiger partial charge >= 0.3 is 0 Å². The molecule has 0 atom stereocenters. The third-order valence-corrected chi connectivity index (χ3v) is 1.96. The van der Waals surface area contributed by atoms with Gasteiger partial charge in [-0.2, -0.15) is 0 Å². The molecular weight excluding hydrogens is 120 g/mol. The van der Waals surface area contributed by atoms with Crippen molar-refractivity contribution in [3.63, 3.8) is 0 Å². The molecule has 0 N–H and O–H groups in total. The Morgan fingerprint density at radius 3 is 2.30 bits per heavy atom. The molecule has 0 fully saturated rings. The zero-order valence-electron chi connectivity index (χ0n) is 6.67. The molecule has 1 aliphatic rings. The summed E-state index contributed by atoms with van der Waals surface area (Å²) in [6.45, 7) is 8.11. The van der Waals surface area contributed by atoms with Crippen LogP contribution in [0.3, 0.4) is 0 Å². The van der Waals surface area contributed by atoms with Crippen LogP contribution in [0.1, 0.15) is 13.8 Å². The lowest BCUT2D eigenvalue weighted by atomic mass is 9.84. The molecule has 0 aliphatic heterocycles. The van der Waals surface area contributed by atoms with E-state index in [1.54, 1.807) is 0 Å². The minimum atomic E-state index is 0.104. The Hall–Kier alpha value is -0.780. The lowest BCUT2D eigenvalue weighted by molar-refractivity contribution is 0.680. The first-order valence-corrected chi connectivity index (χ1v) is 3.68. The summed E-state index contributed by atoms with van der Waals surface area (Å²) >= 11 is 0. The van der Waals surface area contributed by atoms with Crippen molar-refractivity contribution in [2.24, 2.45) is 11.3 Å². The summed E-state index contributed by atoms with van der Waals surface area (Å²) < 4.78 is 0. The fraction of sp³-hybridized carbons (Fsp3) is 0.400. The number of rotatable bonds is 1. The van der Waals surface area contributed by atoms with E-state index < -0.39 is 0 Å². The average Bonchev–Trinajstić information content (AvgIpc) is 1.96. The molecule has 0 radical (unpaired) electrons. The fourth-order valence-corrected chi connectivity index (χ4v) is 0.974. The largest absolute Gasteiger partial charge is 0.102 e. The van der Waals surface area contributed by atoms with Crippen LogP contribution in [-0.4, -0.2) is 0 Å². The molecule has 1 rings (SSSR count). The van der Waals surface area contributed by atoms with E-state index in [-0.39, 0.29) is 5.41 Å². The normalized spacial score (nSPS) is 38.0. The van der Waals surface area contributed by atoms with E-state index in [9.17, 15) is 0 Å². The summed E-state index contributed by atoms with van der Waals surface area (Å²) in [7, 11) is 0. The van der Waals surface area contributed by atoms with Gasteiger partial charge < -0.3 is 0 Å². The van der Waals surface area contributed by atoms with E-state index >= 15 is 0 Å². The van der Waals surface area contributed by atoms with Gasteiger partial charge in [0.1, 0.15) is 0 Å². The third-order valence-electron chi connectivity index (χ3n) is 1.96. The summed E-state index contributed by atoms with van der Waals surface area (Å²) in [6, 6.07) is 0. The molecule has 0 amide bonds. The Balaban J connectivity index is 2.78. The van der Waals surface area contributed by atoms with E-state index in [2.05, 4.69) is 44.7 Å². The lowest BCUT2D eigenvalue weighted by Gasteiger charge is -2.21. The van der Waals surface area contributed by atoms with Gasteiger partial charge in [0.2, 0.25) is 0 Å². The quantitative estimate of drug-likeness (QED) is 0.484. The maximum atomic E-state index is 3.78. The van der Waals surface area contributed by atoms with Gasteiger partial charge in [0, 0.05) is 5.41 Å². The number of hydrogen-bond donors (Lipinski definition) is 0. The molecule has 0 heterocycles. The SMILES string of the molecule is C=CC1(C)C=CC(C)C=C1. The van der Waals surface area contributed by atoms with Crippen LogP contribution in [0.4, 0.5) is 0 Å². The predicted octanol–water partition coefficient (Wildman–Crippen LogP) is 2.94. The average molecular weight is 134 g/mol. The first-order valence-electron chi connectivity index (χ1n) is 3.68. The van der Waals surface area contributed by atoms with Crippen LogP contribution in [0.5, 0.6) is 0 Å². The first kappa shape index (κ1) is 7.33. The van der Waals surface area contributed by atoms with Crippen molar-refractivity contribution < 1.29 is 0 Å². The van der Waals surface area contributed by atoms with Crippen molar-refractivity contribution in [3.8, 4) is 0 Å². The Bertz CT molecular complexity index is 170. The molecule has 0 bridgehead atoms. The molecule has 0 heteroatoms. The molecule has 0 saturated heterocycles. The van der Waals surface area contributed by atoms with E-state index in [0.29, 0.717) is 5.92 Å². The van der Waals surface area contributed by atoms with Crippen LogP contribution in [0.15, 0.2) is 37.0 Å². The monoisotopic (exact) mass is 134 g/mol. The van der Waals surface area contributed by atoms with E-state index in [1.165, 1.54) is 0 Å². The van der Waals surface area contributed by atoms with Crippen LogP contribution >= 0.6 is 0 Å². The highest BCUT2D eigenvalue weighted by Gasteiger charge is 2.14. The second kappa shape index (κ2) is 2.45. The highest BCUT2D eigenvalue weighted by Crippen LogP contribution is 2.27. The van der Waals surface area contributed by atoms with Gasteiger partial charge in [0.25, 0.3) is 0 Å². The van der Waals surface area contributed by atoms with Crippen molar-refractivity contribution in [1.29, 1.82) is 0 Å². The molecule has 0 nitrogen and oxygen atoms in total. The minimum Gasteiger partial charge on any atom is -0.102 e. The van der Waals surface area contributed by atoms with Gasteiger partial charge in [-0.25, -0.2) is 0 Å². The van der Waals surface area contributed by atoms with Crippen molar-refractivity contribution in [1.82, 2.24) is 0 Å². The van der Waals surface area contributed by atoms with Gasteiger partial charge in [-0.3, -0.25) is 0 Å². The van der Waals surface area contributed by atoms with E-state index in [0.717, 1.165) is 0 Å². The van der Waals surface area contributed by atoms with Crippen LogP contribution in [0.25, 0.3) is 0 Å². The summed E-state index contributed by atoms with van der Waals surface area (Å²) in [4.78, 5) is 0. The third kappa shape index (κ3) is 1.38. The van der Waals surface area contributed by atoms with Crippen LogP contribution in [-0.2, 0) is 0 Å². The molecule has 0 unspecified atom stereocenters. The molecule has 1 aliphatic carbocycles. The Morgan fingerprint density at radius 1 is 1.40 bits per heavy atom. The Kier molecular flexibility index (Phi) is 1.80. The molecular formula is C10H14. The summed E-state index contributed by atoms with van der Waals surface area (Å²) in [5.41, 5.74) is 0.104. The van der Waals surface area contributed by atoms with Gasteiger partial charge in [0.15, 0.2) is 0 Å². The van der Waals surface area contributed by atoms with E-state index in [4.69, 9.17) is 0 Å². The fourth-order valence-electron chi connectivity index (χ4n) is 0.974. The first-order chi connectivity index (χ1) is 4.66. The minimum absolute atomic E-state index is 0.104. The van der Waals surface area contributed by atoms with Gasteiger partial charge in [0.05, 0.1) is 0 Å². The highest BCUT2D eigenvalue weighted by molar-refractivity contribution is 5.24. The maximum absolute atomic E-state index is 3.78. The van der Waals surface area contributed by atoms with E-state index in [1.807, 2.05) is 6.08 Å². The maximum Gasteiger partial charge on any atom is 0.0211 e. The van der Waals surface area contributed by atoms with Crippen LogP contribution < -0.4 is 0 Å². The molecule has 0 aromatic heterocycles. The summed E-state index contributed by atoms with van der Waals surface area (Å²) in [5.74, 6) is 0.591. The number of hydrogen-bond acceptors (Lipinski definition) is 0. The number of allylic oxidation sites excluding steroid dienone is 5. The van der Waals surface area contributed by atoms with Crippen molar-refractivity contribution in [2.45, 2.75) is 13.8 Å². The molecule has 10 heavy (non-hydrogen) atoms. The Morgan fingerprint density at radius 2 is 1.90 bits per heavy atom. The zero-order valence-corrected chi connectivity index (χ0v) is 6.67. The van der Waals surface area contributed by atoms with Gasteiger partial charge in [-0.15, -0.1) is 6.58 Å². The second-order valence-electron chi connectivity index (χ2n) is 3.15. The van der Waals surface area contributed by atoms with Gasteiger partial charge in [-0.1, -0.05) is 37.3 Å². The smallest absolute Gasteiger partial charge is 0.0211 e. The molecule has 0 saturated carbocycles. The van der Waals surface area contributed by atoms with Gasteiger partial charge in [-0.05, 0) is 12.8 Å². The summed E-state index contributed by atoms with van der Waals surface area (Å²) in [5, 5.41) is 0. The second-order valence-corrected chi connectivity index (χ2v) is 3.15. The zero-order chi connectivity index (χ0) is 7.61. The Labute approximate surface area is 62.9 Å². The van der Waals surface area contributed by atoms with Crippen LogP contribution in [0.2, 0.25) is 0 Å². The van der Waals surface area contributed by atoms with Crippen molar-refractivity contribution >= 4 is 0 Å². The topological polar surface area (TPSA) is 0 Å². The van der Waals surface area contributed by atoms with Crippen molar-refractivity contribution in [3.05, 3.63) is 37.0 Å². The predicted molar refractivity (Wildman–Crippen MR) is 45.7 cm³/mol. The highest BCUT2D eigenvalue weighted by atomic mass is 14.2. The molecule has 0 spiro atoms. The summed E-state index contributed by atoms with van der Waals surface area (Å²) in [6.07, 6.45) is 10.8. The standard InChI is InChI=1S/C10H14/c1-4-10(3)7-5-9(2)6-8-10/h4-9H,1H2,2-3H3.